The third-order valence-corrected chi connectivity index (χ3v) is 4.34. The molecule has 27 heavy (non-hydrogen) atoms. The van der Waals surface area contributed by atoms with E-state index >= 15 is 0 Å². The molecule has 9 heteroatoms. The van der Waals surface area contributed by atoms with E-state index < -0.39 is 23.8 Å². The molecule has 2 aromatic rings. The summed E-state index contributed by atoms with van der Waals surface area (Å²) in [6.07, 6.45) is -1.14. The Morgan fingerprint density at radius 2 is 1.85 bits per heavy atom. The number of ether oxygens (including phenoxy) is 2. The topological polar surface area (TPSA) is 98.4 Å². The highest BCUT2D eigenvalue weighted by atomic mass is 35.5. The third kappa shape index (κ3) is 4.48. The molecule has 0 radical (unpaired) electrons. The quantitative estimate of drug-likeness (QED) is 0.438. The molecule has 0 unspecified atom stereocenters. The Labute approximate surface area is 166 Å². The number of esters is 2. The number of rotatable bonds is 6. The van der Waals surface area contributed by atoms with Crippen LogP contribution in [0.3, 0.4) is 0 Å². The van der Waals surface area contributed by atoms with Gasteiger partial charge >= 0.3 is 11.9 Å². The normalized spacial score (nSPS) is 11.8. The molecule has 144 valence electrons. The highest BCUT2D eigenvalue weighted by Crippen LogP contribution is 2.22. The number of Topliss-reactive ketones (excluding diaryl/α,β-unsaturated/α-hetero) is 1. The summed E-state index contributed by atoms with van der Waals surface area (Å²) in [6.45, 7) is 6.60. The number of hydrogen-bond acceptors (Lipinski definition) is 6. The van der Waals surface area contributed by atoms with Gasteiger partial charge in [-0.25, -0.2) is 14.6 Å². The first-order valence-electron chi connectivity index (χ1n) is 8.10. The van der Waals surface area contributed by atoms with E-state index in [9.17, 15) is 14.4 Å². The zero-order chi connectivity index (χ0) is 20.3. The molecule has 0 bridgehead atoms. The summed E-state index contributed by atoms with van der Waals surface area (Å²) in [7, 11) is 0. The third-order valence-electron chi connectivity index (χ3n) is 3.82. The molecule has 7 nitrogen and oxygen atoms in total. The highest BCUT2D eigenvalue weighted by Gasteiger charge is 2.28. The first-order chi connectivity index (χ1) is 12.7. The molecule has 2 aromatic heterocycles. The number of nitrogens with one attached hydrogen (secondary N) is 1. The number of halogens is 2. The van der Waals surface area contributed by atoms with Crippen molar-refractivity contribution in [3.8, 4) is 0 Å². The fraction of sp³-hybridized carbons (Fsp3) is 0.333. The molecule has 1 atom stereocenters. The monoisotopic (exact) mass is 412 g/mol. The smallest absolute Gasteiger partial charge is 0.359 e. The minimum absolute atomic E-state index is 0.0561. The van der Waals surface area contributed by atoms with Crippen molar-refractivity contribution < 1.29 is 23.9 Å². The average Bonchev–Trinajstić information content (AvgIpc) is 2.90. The van der Waals surface area contributed by atoms with Crippen molar-refractivity contribution in [1.82, 2.24) is 9.97 Å². The van der Waals surface area contributed by atoms with Gasteiger partial charge in [-0.2, -0.15) is 0 Å². The fourth-order valence-electron chi connectivity index (χ4n) is 2.54. The molecule has 0 aliphatic rings. The molecule has 0 aliphatic heterocycles. The van der Waals surface area contributed by atoms with Crippen LogP contribution in [0.5, 0.6) is 0 Å². The van der Waals surface area contributed by atoms with E-state index in [1.165, 1.54) is 19.1 Å². The maximum absolute atomic E-state index is 12.7. The van der Waals surface area contributed by atoms with E-state index in [4.69, 9.17) is 32.7 Å². The summed E-state index contributed by atoms with van der Waals surface area (Å²) in [6, 6.07) is 2.83. The number of aromatic nitrogens is 2. The Kier molecular flexibility index (Phi) is 6.62. The minimum atomic E-state index is -1.14. The number of aryl methyl sites for hydroxylation is 1. The number of H-pyrrole nitrogens is 1. The number of hydrogen-bond donors (Lipinski definition) is 1. The molecule has 2 rings (SSSR count). The van der Waals surface area contributed by atoms with Gasteiger partial charge in [-0.15, -0.1) is 0 Å². The van der Waals surface area contributed by atoms with Crippen LogP contribution in [0.2, 0.25) is 10.2 Å². The molecule has 0 saturated heterocycles. The molecule has 0 aliphatic carbocycles. The lowest BCUT2D eigenvalue weighted by atomic mass is 10.1. The van der Waals surface area contributed by atoms with Crippen molar-refractivity contribution in [2.45, 2.75) is 33.8 Å². The summed E-state index contributed by atoms with van der Waals surface area (Å²) < 4.78 is 10.2. The maximum atomic E-state index is 12.7. The van der Waals surface area contributed by atoms with E-state index in [2.05, 4.69) is 9.97 Å². The standard InChI is InChI=1S/C18H18Cl2N2O5/c1-5-26-17(24)13-8(2)14(21-9(13)3)16(23)10(4)27-18(25)15-11(19)6-7-12(20)22-15/h6-7,10,21H,5H2,1-4H3/t10-/m1/s1. The van der Waals surface area contributed by atoms with Crippen LogP contribution < -0.4 is 0 Å². The van der Waals surface area contributed by atoms with Crippen LogP contribution >= 0.6 is 23.2 Å². The Morgan fingerprint density at radius 3 is 2.48 bits per heavy atom. The van der Waals surface area contributed by atoms with Gasteiger partial charge in [0.1, 0.15) is 5.15 Å². The summed E-state index contributed by atoms with van der Waals surface area (Å²) >= 11 is 11.7. The number of ketones is 1. The second-order valence-corrected chi connectivity index (χ2v) is 6.52. The molecule has 0 amide bonds. The van der Waals surface area contributed by atoms with E-state index in [1.807, 2.05) is 0 Å². The number of aromatic amines is 1. The molecule has 0 saturated carbocycles. The predicted octanol–water partition coefficient (Wildman–Crippen LogP) is 3.94. The van der Waals surface area contributed by atoms with E-state index in [0.717, 1.165) is 0 Å². The lowest BCUT2D eigenvalue weighted by Gasteiger charge is -2.12. The van der Waals surface area contributed by atoms with Crippen LogP contribution in [0.25, 0.3) is 0 Å². The van der Waals surface area contributed by atoms with Crippen LogP contribution in [0, 0.1) is 13.8 Å². The second-order valence-electron chi connectivity index (χ2n) is 5.72. The largest absolute Gasteiger partial charge is 0.462 e. The van der Waals surface area contributed by atoms with Crippen molar-refractivity contribution in [2.24, 2.45) is 0 Å². The van der Waals surface area contributed by atoms with Gasteiger partial charge in [0, 0.05) is 5.69 Å². The summed E-state index contributed by atoms with van der Waals surface area (Å²) in [5, 5.41) is 0.126. The van der Waals surface area contributed by atoms with Crippen molar-refractivity contribution in [3.63, 3.8) is 0 Å². The first-order valence-corrected chi connectivity index (χ1v) is 8.86. The summed E-state index contributed by atoms with van der Waals surface area (Å²) in [4.78, 5) is 43.7. The van der Waals surface area contributed by atoms with Crippen LogP contribution in [0.4, 0.5) is 0 Å². The average molecular weight is 413 g/mol. The zero-order valence-corrected chi connectivity index (χ0v) is 16.7. The van der Waals surface area contributed by atoms with Gasteiger partial charge < -0.3 is 14.5 Å². The van der Waals surface area contributed by atoms with E-state index in [-0.39, 0.29) is 28.2 Å². The molecule has 2 heterocycles. The Balaban J connectivity index is 2.23. The van der Waals surface area contributed by atoms with E-state index in [0.29, 0.717) is 16.8 Å². The minimum Gasteiger partial charge on any atom is -0.462 e. The second kappa shape index (κ2) is 8.54. The lowest BCUT2D eigenvalue weighted by Crippen LogP contribution is -2.26. The highest BCUT2D eigenvalue weighted by molar-refractivity contribution is 6.34. The van der Waals surface area contributed by atoms with Gasteiger partial charge in [0.05, 0.1) is 22.9 Å². The maximum Gasteiger partial charge on any atom is 0.359 e. The Morgan fingerprint density at radius 1 is 1.19 bits per heavy atom. The number of nitrogens with zero attached hydrogens (tertiary/aromatic N) is 1. The van der Waals surface area contributed by atoms with Crippen LogP contribution in [0.15, 0.2) is 12.1 Å². The molecular weight excluding hydrogens is 395 g/mol. The predicted molar refractivity (Wildman–Crippen MR) is 99.7 cm³/mol. The van der Waals surface area contributed by atoms with E-state index in [1.54, 1.807) is 20.8 Å². The van der Waals surface area contributed by atoms with Gasteiger partial charge in [-0.1, -0.05) is 23.2 Å². The van der Waals surface area contributed by atoms with Crippen LogP contribution in [-0.4, -0.2) is 40.4 Å². The van der Waals surface area contributed by atoms with Crippen molar-refractivity contribution in [2.75, 3.05) is 6.61 Å². The summed E-state index contributed by atoms with van der Waals surface area (Å²) in [5.41, 5.74) is 1.19. The summed E-state index contributed by atoms with van der Waals surface area (Å²) in [5.74, 6) is -1.91. The van der Waals surface area contributed by atoms with Gasteiger partial charge in [-0.05, 0) is 45.4 Å². The first kappa shape index (κ1) is 20.9. The van der Waals surface area contributed by atoms with Gasteiger partial charge in [0.15, 0.2) is 11.8 Å². The zero-order valence-electron chi connectivity index (χ0n) is 15.2. The van der Waals surface area contributed by atoms with Crippen molar-refractivity contribution >= 4 is 40.9 Å². The number of carbonyl (C=O) groups is 3. The van der Waals surface area contributed by atoms with Gasteiger partial charge in [0.2, 0.25) is 5.78 Å². The molecule has 0 aromatic carbocycles. The Hall–Kier alpha value is -2.38. The van der Waals surface area contributed by atoms with Crippen LogP contribution in [0.1, 0.15) is 56.4 Å². The fourth-order valence-corrected chi connectivity index (χ4v) is 2.87. The van der Waals surface area contributed by atoms with Crippen LogP contribution in [-0.2, 0) is 9.47 Å². The van der Waals surface area contributed by atoms with Crippen molar-refractivity contribution in [1.29, 1.82) is 0 Å². The van der Waals surface area contributed by atoms with Gasteiger partial charge in [0.25, 0.3) is 0 Å². The number of pyridine rings is 1. The Bertz CT molecular complexity index is 907. The SMILES string of the molecule is CCOC(=O)c1c(C)[nH]c(C(=O)[C@@H](C)OC(=O)c2nc(Cl)ccc2Cl)c1C. The molecule has 0 spiro atoms. The van der Waals surface area contributed by atoms with Gasteiger partial charge in [-0.3, -0.25) is 4.79 Å². The lowest BCUT2D eigenvalue weighted by molar-refractivity contribution is 0.0311. The molecule has 0 fully saturated rings. The molecular formula is C18H18Cl2N2O5. The molecule has 1 N–H and O–H groups in total. The van der Waals surface area contributed by atoms with Crippen molar-refractivity contribution in [3.05, 3.63) is 50.5 Å². The number of carbonyl (C=O) groups excluding carboxylic acids is 3.